The molecule has 2 aromatic rings. The Bertz CT molecular complexity index is 883. The fourth-order valence-electron chi connectivity index (χ4n) is 2.81. The Morgan fingerprint density at radius 3 is 2.25 bits per heavy atom. The molecule has 10 heteroatoms. The fourth-order valence-corrected chi connectivity index (χ4v) is 2.99. The average Bonchev–Trinajstić information content (AvgIpc) is 2.72. The van der Waals surface area contributed by atoms with Crippen LogP contribution in [0.15, 0.2) is 36.4 Å². The van der Waals surface area contributed by atoms with E-state index in [0.717, 1.165) is 29.9 Å². The molecule has 0 aliphatic carbocycles. The van der Waals surface area contributed by atoms with Gasteiger partial charge in [-0.05, 0) is 43.2 Å². The predicted octanol–water partition coefficient (Wildman–Crippen LogP) is 0.938. The number of nitro groups is 1. The van der Waals surface area contributed by atoms with Crippen LogP contribution < -0.4 is 51.0 Å². The van der Waals surface area contributed by atoms with Crippen LogP contribution >= 0.6 is 11.6 Å². The Morgan fingerprint density at radius 1 is 1.06 bits per heavy atom. The predicted molar refractivity (Wildman–Crippen MR) is 124 cm³/mol. The van der Waals surface area contributed by atoms with E-state index in [2.05, 4.69) is 11.8 Å². The second-order valence-electron chi connectivity index (χ2n) is 7.17. The summed E-state index contributed by atoms with van der Waals surface area (Å²) < 4.78 is 0. The molecule has 0 radical (unpaired) electrons. The van der Waals surface area contributed by atoms with E-state index in [0.29, 0.717) is 12.2 Å². The number of aliphatic carboxylic acids is 1. The molecule has 170 valence electrons. The number of benzene rings is 2. The molecule has 0 spiro atoms. The molecule has 32 heavy (non-hydrogen) atoms. The minimum absolute atomic E-state index is 0. The third-order valence-corrected chi connectivity index (χ3v) is 5.01. The molecular weight excluding hydrogens is 443 g/mol. The molecular formula is C22H30ClN4NaO4. The number of hydrogen-bond donors (Lipinski definition) is 2. The summed E-state index contributed by atoms with van der Waals surface area (Å²) in [7, 11) is 0. The first-order valence-corrected chi connectivity index (χ1v) is 10.5. The summed E-state index contributed by atoms with van der Waals surface area (Å²) in [5, 5.41) is 21.1. The van der Waals surface area contributed by atoms with Gasteiger partial charge in [0.2, 0.25) is 0 Å². The molecule has 0 saturated heterocycles. The minimum Gasteiger partial charge on any atom is -0.550 e. The maximum atomic E-state index is 10.7. The van der Waals surface area contributed by atoms with Gasteiger partial charge in [-0.15, -0.1) is 0 Å². The normalized spacial score (nSPS) is 9.84. The number of nitrogen functional groups attached to an aromatic ring is 2. The zero-order valence-corrected chi connectivity index (χ0v) is 21.7. The van der Waals surface area contributed by atoms with Crippen LogP contribution in [0.4, 0.5) is 22.7 Å². The van der Waals surface area contributed by atoms with E-state index >= 15 is 0 Å². The zero-order chi connectivity index (χ0) is 23.4. The molecule has 0 unspecified atom stereocenters. The summed E-state index contributed by atoms with van der Waals surface area (Å²) in [6.07, 6.45) is 4.71. The van der Waals surface area contributed by atoms with Crippen molar-refractivity contribution in [2.45, 2.75) is 46.0 Å². The Balaban J connectivity index is 0.000000679. The fraction of sp³-hybridized carbons (Fsp3) is 0.409. The summed E-state index contributed by atoms with van der Waals surface area (Å²) in [5.41, 5.74) is 14.3. The number of carbonyl (C=O) groups is 1. The number of nitrogens with two attached hydrogens (primary N) is 2. The van der Waals surface area contributed by atoms with Gasteiger partial charge in [0.25, 0.3) is 5.69 Å². The number of halogens is 1. The van der Waals surface area contributed by atoms with Gasteiger partial charge < -0.3 is 26.3 Å². The summed E-state index contributed by atoms with van der Waals surface area (Å²) in [4.78, 5) is 22.4. The van der Waals surface area contributed by atoms with Gasteiger partial charge in [0.1, 0.15) is 0 Å². The third kappa shape index (κ3) is 11.0. The number of aryl methyl sites for hydroxylation is 1. The second-order valence-corrected chi connectivity index (χ2v) is 7.58. The SMILES string of the molecule is CCCCCCN(CCC(=O)[O-])c1ccc(N)c(C)c1.Nc1ccc([N+](=O)[O-])cc1Cl.[Na+]. The van der Waals surface area contributed by atoms with Gasteiger partial charge in [0.05, 0.1) is 15.6 Å². The molecule has 0 bridgehead atoms. The summed E-state index contributed by atoms with van der Waals surface area (Å²) >= 11 is 5.53. The van der Waals surface area contributed by atoms with Crippen LogP contribution in [0.5, 0.6) is 0 Å². The van der Waals surface area contributed by atoms with Crippen LogP contribution in [0.3, 0.4) is 0 Å². The van der Waals surface area contributed by atoms with Gasteiger partial charge in [-0.3, -0.25) is 10.1 Å². The number of unbranched alkanes of at least 4 members (excludes halogenated alkanes) is 3. The number of nitro benzene ring substituents is 1. The summed E-state index contributed by atoms with van der Waals surface area (Å²) in [6.45, 7) is 5.50. The molecule has 0 saturated carbocycles. The van der Waals surface area contributed by atoms with Gasteiger partial charge in [-0.2, -0.15) is 0 Å². The Hall–Kier alpha value is -2.00. The Morgan fingerprint density at radius 2 is 1.72 bits per heavy atom. The van der Waals surface area contributed by atoms with E-state index in [1.165, 1.54) is 37.5 Å². The number of hydrogen-bond acceptors (Lipinski definition) is 7. The number of anilines is 3. The molecule has 0 aromatic heterocycles. The third-order valence-electron chi connectivity index (χ3n) is 4.68. The molecule has 0 heterocycles. The smallest absolute Gasteiger partial charge is 0.550 e. The molecule has 2 rings (SSSR count). The van der Waals surface area contributed by atoms with Crippen molar-refractivity contribution in [2.75, 3.05) is 29.5 Å². The van der Waals surface area contributed by atoms with E-state index in [9.17, 15) is 20.0 Å². The Kier molecular flexibility index (Phi) is 14.8. The van der Waals surface area contributed by atoms with Crippen molar-refractivity contribution in [3.05, 3.63) is 57.1 Å². The van der Waals surface area contributed by atoms with Crippen LogP contribution in [0.25, 0.3) is 0 Å². The monoisotopic (exact) mass is 472 g/mol. The van der Waals surface area contributed by atoms with Crippen molar-refractivity contribution in [3.8, 4) is 0 Å². The van der Waals surface area contributed by atoms with E-state index in [-0.39, 0.29) is 46.7 Å². The number of nitrogens with zero attached hydrogens (tertiary/aromatic N) is 2. The van der Waals surface area contributed by atoms with Gasteiger partial charge >= 0.3 is 29.6 Å². The van der Waals surface area contributed by atoms with Crippen molar-refractivity contribution < 1.29 is 44.4 Å². The van der Waals surface area contributed by atoms with Crippen LogP contribution in [0, 0.1) is 17.0 Å². The van der Waals surface area contributed by atoms with Crippen molar-refractivity contribution >= 4 is 40.3 Å². The van der Waals surface area contributed by atoms with Crippen molar-refractivity contribution in [1.82, 2.24) is 0 Å². The molecule has 0 amide bonds. The first kappa shape index (κ1) is 30.0. The van der Waals surface area contributed by atoms with Gasteiger partial charge in [0, 0.05) is 49.0 Å². The van der Waals surface area contributed by atoms with Crippen LogP contribution in [0.2, 0.25) is 5.02 Å². The van der Waals surface area contributed by atoms with Crippen LogP contribution in [-0.2, 0) is 4.79 Å². The number of carbonyl (C=O) groups excluding carboxylic acids is 1. The quantitative estimate of drug-likeness (QED) is 0.172. The van der Waals surface area contributed by atoms with Crippen molar-refractivity contribution in [1.29, 1.82) is 0 Å². The maximum Gasteiger partial charge on any atom is 1.00 e. The molecule has 0 aliphatic heterocycles. The van der Waals surface area contributed by atoms with Crippen LogP contribution in [0.1, 0.15) is 44.6 Å². The average molecular weight is 473 g/mol. The number of rotatable bonds is 10. The maximum absolute atomic E-state index is 10.7. The van der Waals surface area contributed by atoms with Crippen LogP contribution in [-0.4, -0.2) is 24.0 Å². The second kappa shape index (κ2) is 15.7. The zero-order valence-electron chi connectivity index (χ0n) is 19.0. The first-order valence-electron chi connectivity index (χ1n) is 10.2. The standard InChI is InChI=1S/C16H26N2O2.C6H5ClN2O2.Na/c1-3-4-5-6-10-18(11-9-16(19)20)14-7-8-15(17)13(2)12-14;7-5-3-4(9(10)11)1-2-6(5)8;/h7-8,12H,3-6,9-11,17H2,1-2H3,(H,19,20);1-3H,8H2;/q;;+1/p-1. The van der Waals surface area contributed by atoms with E-state index < -0.39 is 10.9 Å². The number of non-ortho nitro benzene ring substituents is 1. The molecule has 8 nitrogen and oxygen atoms in total. The minimum atomic E-state index is -1.00. The number of carboxylic acid groups (broad SMARTS) is 1. The molecule has 2 aromatic carbocycles. The summed E-state index contributed by atoms with van der Waals surface area (Å²) in [5.74, 6) is -1.00. The molecule has 0 atom stereocenters. The Labute approximate surface area is 216 Å². The van der Waals surface area contributed by atoms with Gasteiger partial charge in [-0.25, -0.2) is 0 Å². The molecule has 0 aliphatic rings. The largest absolute Gasteiger partial charge is 1.00 e. The van der Waals surface area contributed by atoms with Gasteiger partial charge in [0.15, 0.2) is 0 Å². The van der Waals surface area contributed by atoms with E-state index in [1.54, 1.807) is 0 Å². The number of carboxylic acids is 1. The van der Waals surface area contributed by atoms with Gasteiger partial charge in [-0.1, -0.05) is 37.8 Å². The van der Waals surface area contributed by atoms with E-state index in [1.807, 2.05) is 25.1 Å². The van der Waals surface area contributed by atoms with Crippen molar-refractivity contribution in [3.63, 3.8) is 0 Å². The molecule has 0 fully saturated rings. The molecule has 4 N–H and O–H groups in total. The topological polar surface area (TPSA) is 139 Å². The first-order chi connectivity index (χ1) is 14.6. The van der Waals surface area contributed by atoms with Crippen molar-refractivity contribution in [2.24, 2.45) is 0 Å². The van der Waals surface area contributed by atoms with E-state index in [4.69, 9.17) is 23.1 Å². The summed E-state index contributed by atoms with van der Waals surface area (Å²) in [6, 6.07) is 9.78.